The Labute approximate surface area is 169 Å². The molecule has 0 saturated carbocycles. The van der Waals surface area contributed by atoms with Gasteiger partial charge in [0.1, 0.15) is 0 Å². The highest BCUT2D eigenvalue weighted by Gasteiger charge is 2.32. The Morgan fingerprint density at radius 1 is 1.07 bits per heavy atom. The summed E-state index contributed by atoms with van der Waals surface area (Å²) in [4.78, 5) is 12.7. The number of benzene rings is 1. The van der Waals surface area contributed by atoms with Crippen LogP contribution in [0.15, 0.2) is 23.1 Å². The Balaban J connectivity index is 1.53. The van der Waals surface area contributed by atoms with Gasteiger partial charge in [0, 0.05) is 25.6 Å². The molecule has 6 heteroatoms. The number of unbranched alkanes of at least 4 members (excludes halogenated alkanes) is 3. The summed E-state index contributed by atoms with van der Waals surface area (Å²) in [5, 5.41) is 3.02. The Bertz CT molecular complexity index is 768. The van der Waals surface area contributed by atoms with Gasteiger partial charge in [0.25, 0.3) is 0 Å². The molecule has 0 spiro atoms. The molecule has 1 N–H and O–H groups in total. The van der Waals surface area contributed by atoms with Gasteiger partial charge in [-0.1, -0.05) is 32.3 Å². The molecule has 0 atom stereocenters. The summed E-state index contributed by atoms with van der Waals surface area (Å²) in [7, 11) is -3.47. The second kappa shape index (κ2) is 9.88. The summed E-state index contributed by atoms with van der Waals surface area (Å²) in [6.07, 6.45) is 10.1. The number of carbonyl (C=O) groups is 1. The average Bonchev–Trinajstić information content (AvgIpc) is 2.73. The molecule has 0 aromatic heterocycles. The molecule has 156 valence electrons. The molecule has 1 aromatic carbocycles. The summed E-state index contributed by atoms with van der Waals surface area (Å²) in [5.41, 5.74) is 2.48. The highest BCUT2D eigenvalue weighted by atomic mass is 32.2. The summed E-state index contributed by atoms with van der Waals surface area (Å²) in [6, 6.07) is 5.62. The zero-order valence-corrected chi connectivity index (χ0v) is 17.9. The highest BCUT2D eigenvalue weighted by Crippen LogP contribution is 2.28. The Kier molecular flexibility index (Phi) is 7.52. The zero-order valence-electron chi connectivity index (χ0n) is 17.1. The maximum atomic E-state index is 13.0. The molecule has 0 bridgehead atoms. The van der Waals surface area contributed by atoms with Gasteiger partial charge in [-0.15, -0.1) is 0 Å². The molecule has 3 rings (SSSR count). The fourth-order valence-corrected chi connectivity index (χ4v) is 5.81. The van der Waals surface area contributed by atoms with Crippen LogP contribution in [-0.4, -0.2) is 38.3 Å². The van der Waals surface area contributed by atoms with Crippen molar-refractivity contribution >= 4 is 15.9 Å². The molecule has 1 aromatic rings. The van der Waals surface area contributed by atoms with E-state index in [-0.39, 0.29) is 11.8 Å². The lowest BCUT2D eigenvalue weighted by Crippen LogP contribution is -2.43. The molecule has 1 aliphatic heterocycles. The van der Waals surface area contributed by atoms with Crippen LogP contribution in [0, 0.1) is 5.92 Å². The van der Waals surface area contributed by atoms with Crippen LogP contribution in [-0.2, 0) is 27.7 Å². The van der Waals surface area contributed by atoms with E-state index in [0.29, 0.717) is 30.8 Å². The van der Waals surface area contributed by atoms with Crippen molar-refractivity contribution in [2.24, 2.45) is 5.92 Å². The predicted octanol–water partition coefficient (Wildman–Crippen LogP) is 3.66. The molecule has 1 heterocycles. The third kappa shape index (κ3) is 5.15. The maximum Gasteiger partial charge on any atom is 0.243 e. The van der Waals surface area contributed by atoms with E-state index in [0.717, 1.165) is 38.6 Å². The van der Waals surface area contributed by atoms with Crippen molar-refractivity contribution in [3.8, 4) is 0 Å². The molecular weight excluding hydrogens is 372 g/mol. The van der Waals surface area contributed by atoms with Crippen LogP contribution in [0.3, 0.4) is 0 Å². The lowest BCUT2D eigenvalue weighted by Gasteiger charge is -2.31. The van der Waals surface area contributed by atoms with Crippen LogP contribution in [0.4, 0.5) is 0 Å². The molecule has 1 saturated heterocycles. The standard InChI is InChI=1S/C22H34N2O3S/c1-2-3-4-7-14-23-22(25)19-12-15-24(16-13-19)28(26,27)21-11-10-18-8-5-6-9-20(18)17-21/h10-11,17,19H,2-9,12-16H2,1H3,(H,23,25). The number of hydrogen-bond acceptors (Lipinski definition) is 3. The van der Waals surface area contributed by atoms with Crippen molar-refractivity contribution in [1.29, 1.82) is 0 Å². The van der Waals surface area contributed by atoms with Gasteiger partial charge in [0.05, 0.1) is 4.90 Å². The van der Waals surface area contributed by atoms with Crippen LogP contribution in [0.25, 0.3) is 0 Å². The van der Waals surface area contributed by atoms with Crippen LogP contribution >= 0.6 is 0 Å². The van der Waals surface area contributed by atoms with Crippen molar-refractivity contribution in [3.05, 3.63) is 29.3 Å². The van der Waals surface area contributed by atoms with E-state index in [1.807, 2.05) is 12.1 Å². The first-order chi connectivity index (χ1) is 13.5. The van der Waals surface area contributed by atoms with Crippen LogP contribution in [0.2, 0.25) is 0 Å². The number of amides is 1. The predicted molar refractivity (Wildman–Crippen MR) is 112 cm³/mol. The fraction of sp³-hybridized carbons (Fsp3) is 0.682. The van der Waals surface area contributed by atoms with Crippen LogP contribution in [0.1, 0.15) is 69.4 Å². The molecule has 28 heavy (non-hydrogen) atoms. The average molecular weight is 407 g/mol. The molecule has 1 aliphatic carbocycles. The normalized spacial score (nSPS) is 18.6. The Hall–Kier alpha value is -1.40. The van der Waals surface area contributed by atoms with Crippen molar-refractivity contribution in [1.82, 2.24) is 9.62 Å². The summed E-state index contributed by atoms with van der Waals surface area (Å²) in [5.74, 6) is 0.0171. The van der Waals surface area contributed by atoms with Gasteiger partial charge in [-0.05, 0) is 68.2 Å². The monoisotopic (exact) mass is 406 g/mol. The minimum Gasteiger partial charge on any atom is -0.356 e. The lowest BCUT2D eigenvalue weighted by atomic mass is 9.92. The summed E-state index contributed by atoms with van der Waals surface area (Å²) in [6.45, 7) is 3.75. The Morgan fingerprint density at radius 2 is 1.79 bits per heavy atom. The number of fused-ring (bicyclic) bond motifs is 1. The molecule has 0 unspecified atom stereocenters. The first kappa shape index (κ1) is 21.3. The fourth-order valence-electron chi connectivity index (χ4n) is 4.29. The molecule has 0 radical (unpaired) electrons. The first-order valence-electron chi connectivity index (χ1n) is 10.9. The van der Waals surface area contributed by atoms with Gasteiger partial charge in [-0.3, -0.25) is 4.79 Å². The number of aryl methyl sites for hydroxylation is 2. The van der Waals surface area contributed by atoms with E-state index in [2.05, 4.69) is 12.2 Å². The molecule has 2 aliphatic rings. The topological polar surface area (TPSA) is 66.5 Å². The van der Waals surface area contributed by atoms with Crippen molar-refractivity contribution < 1.29 is 13.2 Å². The summed E-state index contributed by atoms with van der Waals surface area (Å²) >= 11 is 0. The number of rotatable bonds is 8. The number of nitrogens with one attached hydrogen (secondary N) is 1. The molecule has 1 fully saturated rings. The van der Waals surface area contributed by atoms with Gasteiger partial charge < -0.3 is 5.32 Å². The smallest absolute Gasteiger partial charge is 0.243 e. The summed E-state index contributed by atoms with van der Waals surface area (Å²) < 4.78 is 27.7. The van der Waals surface area contributed by atoms with Crippen molar-refractivity contribution in [2.75, 3.05) is 19.6 Å². The van der Waals surface area contributed by atoms with E-state index in [1.54, 1.807) is 10.4 Å². The number of nitrogens with zero attached hydrogens (tertiary/aromatic N) is 1. The SMILES string of the molecule is CCCCCCNC(=O)C1CCN(S(=O)(=O)c2ccc3c(c2)CCCC3)CC1. The van der Waals surface area contributed by atoms with E-state index >= 15 is 0 Å². The van der Waals surface area contributed by atoms with Crippen LogP contribution < -0.4 is 5.32 Å². The third-order valence-electron chi connectivity index (χ3n) is 6.11. The van der Waals surface area contributed by atoms with E-state index in [9.17, 15) is 13.2 Å². The Morgan fingerprint density at radius 3 is 2.50 bits per heavy atom. The third-order valence-corrected chi connectivity index (χ3v) is 8.01. The number of carbonyl (C=O) groups excluding carboxylic acids is 1. The highest BCUT2D eigenvalue weighted by molar-refractivity contribution is 7.89. The molecular formula is C22H34N2O3S. The molecule has 5 nitrogen and oxygen atoms in total. The van der Waals surface area contributed by atoms with E-state index < -0.39 is 10.0 Å². The van der Waals surface area contributed by atoms with Crippen LogP contribution in [0.5, 0.6) is 0 Å². The molecule has 1 amide bonds. The van der Waals surface area contributed by atoms with Gasteiger partial charge in [-0.2, -0.15) is 4.31 Å². The van der Waals surface area contributed by atoms with Gasteiger partial charge >= 0.3 is 0 Å². The second-order valence-electron chi connectivity index (χ2n) is 8.17. The van der Waals surface area contributed by atoms with Gasteiger partial charge in [0.15, 0.2) is 0 Å². The largest absolute Gasteiger partial charge is 0.356 e. The van der Waals surface area contributed by atoms with Crippen molar-refractivity contribution in [2.45, 2.75) is 76.0 Å². The number of hydrogen-bond donors (Lipinski definition) is 1. The number of piperidine rings is 1. The first-order valence-corrected chi connectivity index (χ1v) is 12.4. The van der Waals surface area contributed by atoms with E-state index in [1.165, 1.54) is 30.4 Å². The van der Waals surface area contributed by atoms with E-state index in [4.69, 9.17) is 0 Å². The maximum absolute atomic E-state index is 13.0. The minimum atomic E-state index is -3.47. The minimum absolute atomic E-state index is 0.0684. The number of sulfonamides is 1. The lowest BCUT2D eigenvalue weighted by molar-refractivity contribution is -0.126. The van der Waals surface area contributed by atoms with Gasteiger partial charge in [0.2, 0.25) is 15.9 Å². The zero-order chi connectivity index (χ0) is 20.0. The van der Waals surface area contributed by atoms with Gasteiger partial charge in [-0.25, -0.2) is 8.42 Å². The second-order valence-corrected chi connectivity index (χ2v) is 10.1. The van der Waals surface area contributed by atoms with Crippen molar-refractivity contribution in [3.63, 3.8) is 0 Å². The quantitative estimate of drug-likeness (QED) is 0.670.